The molecule has 0 radical (unpaired) electrons. The average Bonchev–Trinajstić information content (AvgIpc) is 2.40. The molecule has 0 saturated carbocycles. The van der Waals surface area contributed by atoms with Gasteiger partial charge in [0.1, 0.15) is 0 Å². The Bertz CT molecular complexity index is 486. The topological polar surface area (TPSA) is 15.3 Å². The Morgan fingerprint density at radius 2 is 1.50 bits per heavy atom. The predicted molar refractivity (Wildman–Crippen MR) is 79.0 cm³/mol. The minimum Gasteiger partial charge on any atom is -0.298 e. The van der Waals surface area contributed by atoms with Gasteiger partial charge in [0.05, 0.1) is 11.4 Å². The van der Waals surface area contributed by atoms with Gasteiger partial charge in [-0.25, -0.2) is 0 Å². The second-order valence-electron chi connectivity index (χ2n) is 4.46. The molecule has 0 aliphatic rings. The zero-order valence-corrected chi connectivity index (χ0v) is 11.3. The van der Waals surface area contributed by atoms with Crippen LogP contribution >= 0.6 is 0 Å². The van der Waals surface area contributed by atoms with E-state index in [0.717, 1.165) is 6.54 Å². The fourth-order valence-corrected chi connectivity index (χ4v) is 2.06. The van der Waals surface area contributed by atoms with Crippen LogP contribution in [-0.2, 0) is 0 Å². The number of hydrazine groups is 1. The van der Waals surface area contributed by atoms with E-state index >= 15 is 0 Å². The molecular weight excluding hydrogens is 220 g/mol. The van der Waals surface area contributed by atoms with Crippen LogP contribution in [0, 0.1) is 13.8 Å². The summed E-state index contributed by atoms with van der Waals surface area (Å²) >= 11 is 0. The van der Waals surface area contributed by atoms with Crippen molar-refractivity contribution in [2.24, 2.45) is 0 Å². The van der Waals surface area contributed by atoms with Gasteiger partial charge < -0.3 is 0 Å². The third-order valence-corrected chi connectivity index (χ3v) is 3.11. The summed E-state index contributed by atoms with van der Waals surface area (Å²) in [7, 11) is 0. The zero-order chi connectivity index (χ0) is 13.0. The van der Waals surface area contributed by atoms with E-state index < -0.39 is 0 Å². The molecule has 0 amide bonds. The minimum absolute atomic E-state index is 0.914. The monoisotopic (exact) mass is 240 g/mol. The van der Waals surface area contributed by atoms with Gasteiger partial charge >= 0.3 is 0 Å². The Labute approximate surface area is 109 Å². The van der Waals surface area contributed by atoms with Crippen molar-refractivity contribution in [3.05, 3.63) is 59.7 Å². The number of benzene rings is 2. The lowest BCUT2D eigenvalue weighted by atomic mass is 10.1. The first-order valence-electron chi connectivity index (χ1n) is 6.38. The fourth-order valence-electron chi connectivity index (χ4n) is 2.06. The summed E-state index contributed by atoms with van der Waals surface area (Å²) in [6.07, 6.45) is 0. The van der Waals surface area contributed by atoms with E-state index in [4.69, 9.17) is 0 Å². The number of para-hydroxylation sites is 2. The molecule has 0 heterocycles. The quantitative estimate of drug-likeness (QED) is 0.807. The molecule has 2 heteroatoms. The third kappa shape index (κ3) is 2.65. The smallest absolute Gasteiger partial charge is 0.0600 e. The molecular formula is C16H20N2. The van der Waals surface area contributed by atoms with E-state index in [2.05, 4.69) is 73.7 Å². The van der Waals surface area contributed by atoms with Gasteiger partial charge in [-0.15, -0.1) is 0 Å². The molecule has 0 spiro atoms. The summed E-state index contributed by atoms with van der Waals surface area (Å²) in [5.74, 6) is 0. The van der Waals surface area contributed by atoms with Crippen LogP contribution in [0.4, 0.5) is 11.4 Å². The number of nitrogens with one attached hydrogen (secondary N) is 1. The summed E-state index contributed by atoms with van der Waals surface area (Å²) < 4.78 is 0. The fraction of sp³-hybridized carbons (Fsp3) is 0.250. The van der Waals surface area contributed by atoms with Crippen molar-refractivity contribution in [3.63, 3.8) is 0 Å². The van der Waals surface area contributed by atoms with E-state index in [1.54, 1.807) is 0 Å². The largest absolute Gasteiger partial charge is 0.298 e. The van der Waals surface area contributed by atoms with Gasteiger partial charge in [-0.05, 0) is 44.0 Å². The summed E-state index contributed by atoms with van der Waals surface area (Å²) in [6.45, 7) is 7.33. The summed E-state index contributed by atoms with van der Waals surface area (Å²) in [6, 6.07) is 16.7. The Hall–Kier alpha value is -1.96. The molecule has 1 N–H and O–H groups in total. The summed E-state index contributed by atoms with van der Waals surface area (Å²) in [5.41, 5.74) is 8.43. The number of hydrogen-bond acceptors (Lipinski definition) is 2. The molecule has 0 aliphatic carbocycles. The van der Waals surface area contributed by atoms with E-state index in [9.17, 15) is 0 Å². The van der Waals surface area contributed by atoms with E-state index in [0.29, 0.717) is 0 Å². The second-order valence-corrected chi connectivity index (χ2v) is 4.46. The maximum atomic E-state index is 3.51. The molecule has 0 bridgehead atoms. The highest BCUT2D eigenvalue weighted by Crippen LogP contribution is 2.22. The van der Waals surface area contributed by atoms with Crippen LogP contribution in [-0.4, -0.2) is 6.54 Å². The van der Waals surface area contributed by atoms with Crippen molar-refractivity contribution in [2.45, 2.75) is 20.8 Å². The van der Waals surface area contributed by atoms with Gasteiger partial charge in [0.15, 0.2) is 0 Å². The molecule has 0 atom stereocenters. The van der Waals surface area contributed by atoms with Gasteiger partial charge in [-0.1, -0.05) is 36.4 Å². The first kappa shape index (κ1) is 12.5. The Kier molecular flexibility index (Phi) is 3.88. The second kappa shape index (κ2) is 5.58. The minimum atomic E-state index is 0.914. The number of anilines is 2. The van der Waals surface area contributed by atoms with Crippen LogP contribution in [0.25, 0.3) is 0 Å². The molecule has 18 heavy (non-hydrogen) atoms. The molecule has 2 rings (SSSR count). The van der Waals surface area contributed by atoms with Crippen LogP contribution < -0.4 is 10.4 Å². The predicted octanol–water partition coefficient (Wildman–Crippen LogP) is 4.16. The molecule has 0 unspecified atom stereocenters. The van der Waals surface area contributed by atoms with Crippen LogP contribution in [0.15, 0.2) is 48.5 Å². The third-order valence-electron chi connectivity index (χ3n) is 3.11. The van der Waals surface area contributed by atoms with Crippen molar-refractivity contribution < 1.29 is 0 Å². The molecule has 0 fully saturated rings. The lowest BCUT2D eigenvalue weighted by molar-refractivity contribution is 0.943. The number of nitrogens with zero attached hydrogens (tertiary/aromatic N) is 1. The Morgan fingerprint density at radius 3 is 2.06 bits per heavy atom. The highest BCUT2D eigenvalue weighted by atomic mass is 15.5. The van der Waals surface area contributed by atoms with E-state index in [1.807, 2.05) is 6.07 Å². The van der Waals surface area contributed by atoms with Gasteiger partial charge in [-0.2, -0.15) is 0 Å². The van der Waals surface area contributed by atoms with Crippen LogP contribution in [0.2, 0.25) is 0 Å². The summed E-state index contributed by atoms with van der Waals surface area (Å²) in [4.78, 5) is 0. The van der Waals surface area contributed by atoms with Crippen molar-refractivity contribution in [3.8, 4) is 0 Å². The van der Waals surface area contributed by atoms with Crippen molar-refractivity contribution in [2.75, 3.05) is 17.0 Å². The lowest BCUT2D eigenvalue weighted by Gasteiger charge is -2.27. The standard InChI is InChI=1S/C16H20N2/c1-4-18(15-11-6-5-7-12-15)17-16-13(2)9-8-10-14(16)3/h5-12,17H,4H2,1-3H3. The van der Waals surface area contributed by atoms with Crippen LogP contribution in [0.5, 0.6) is 0 Å². The van der Waals surface area contributed by atoms with Crippen molar-refractivity contribution in [1.29, 1.82) is 0 Å². The van der Waals surface area contributed by atoms with Crippen LogP contribution in [0.1, 0.15) is 18.1 Å². The first-order chi connectivity index (χ1) is 8.72. The van der Waals surface area contributed by atoms with E-state index in [-0.39, 0.29) is 0 Å². The molecule has 0 aromatic heterocycles. The van der Waals surface area contributed by atoms with Gasteiger partial charge in [0.2, 0.25) is 0 Å². The normalized spacial score (nSPS) is 10.2. The van der Waals surface area contributed by atoms with Gasteiger partial charge in [0.25, 0.3) is 0 Å². The Morgan fingerprint density at radius 1 is 0.889 bits per heavy atom. The SMILES string of the molecule is CCN(Nc1c(C)cccc1C)c1ccccc1. The number of aryl methyl sites for hydroxylation is 2. The van der Waals surface area contributed by atoms with Crippen molar-refractivity contribution >= 4 is 11.4 Å². The van der Waals surface area contributed by atoms with Crippen molar-refractivity contribution in [1.82, 2.24) is 0 Å². The molecule has 0 saturated heterocycles. The molecule has 0 aliphatic heterocycles. The average molecular weight is 240 g/mol. The molecule has 2 nitrogen and oxygen atoms in total. The highest BCUT2D eigenvalue weighted by Gasteiger charge is 2.07. The first-order valence-corrected chi connectivity index (χ1v) is 6.38. The Balaban J connectivity index is 2.26. The number of hydrogen-bond donors (Lipinski definition) is 1. The van der Waals surface area contributed by atoms with Crippen LogP contribution in [0.3, 0.4) is 0 Å². The zero-order valence-electron chi connectivity index (χ0n) is 11.3. The van der Waals surface area contributed by atoms with E-state index in [1.165, 1.54) is 22.5 Å². The maximum absolute atomic E-state index is 3.51. The molecule has 2 aromatic carbocycles. The van der Waals surface area contributed by atoms with Gasteiger partial charge in [-0.3, -0.25) is 10.4 Å². The summed E-state index contributed by atoms with van der Waals surface area (Å²) in [5, 5.41) is 2.16. The lowest BCUT2D eigenvalue weighted by Crippen LogP contribution is -2.30. The number of rotatable bonds is 4. The molecule has 2 aromatic rings. The highest BCUT2D eigenvalue weighted by molar-refractivity contribution is 5.61. The molecule has 94 valence electrons. The maximum Gasteiger partial charge on any atom is 0.0600 e. The van der Waals surface area contributed by atoms with Gasteiger partial charge in [0, 0.05) is 6.54 Å².